The first-order valence-electron chi connectivity index (χ1n) is 5.83. The minimum absolute atomic E-state index is 0.117. The van der Waals surface area contributed by atoms with Gasteiger partial charge in [-0.15, -0.1) is 0 Å². The van der Waals surface area contributed by atoms with Crippen molar-refractivity contribution in [1.29, 1.82) is 0 Å². The summed E-state index contributed by atoms with van der Waals surface area (Å²) in [5.74, 6) is -0.117. The van der Waals surface area contributed by atoms with Crippen LogP contribution < -0.4 is 5.32 Å². The fourth-order valence-electron chi connectivity index (χ4n) is 2.73. The van der Waals surface area contributed by atoms with Crippen LogP contribution >= 0.6 is 0 Å². The monoisotopic (exact) mass is 226 g/mol. The van der Waals surface area contributed by atoms with Crippen molar-refractivity contribution in [3.63, 3.8) is 0 Å². The Balaban J connectivity index is 2.17. The van der Waals surface area contributed by atoms with Crippen LogP contribution in [0.2, 0.25) is 0 Å². The summed E-state index contributed by atoms with van der Waals surface area (Å²) in [6.45, 7) is 0.969. The molecule has 1 spiro atoms. The molecule has 2 rings (SSSR count). The van der Waals surface area contributed by atoms with Gasteiger partial charge in [-0.05, 0) is 12.8 Å². The summed E-state index contributed by atoms with van der Waals surface area (Å²) >= 11 is 0. The van der Waals surface area contributed by atoms with Crippen molar-refractivity contribution in [3.8, 4) is 0 Å². The molecule has 1 saturated carbocycles. The summed E-state index contributed by atoms with van der Waals surface area (Å²) in [7, 11) is 1.60. The predicted octanol–water partition coefficient (Wildman–Crippen LogP) is 0.887. The zero-order valence-electron chi connectivity index (χ0n) is 9.62. The smallest absolute Gasteiger partial charge is 0.325 e. The number of hydrogen-bond donors (Lipinski definition) is 1. The maximum atomic E-state index is 11.9. The highest BCUT2D eigenvalue weighted by Gasteiger charge is 2.52. The van der Waals surface area contributed by atoms with Crippen LogP contribution in [0.25, 0.3) is 0 Å². The van der Waals surface area contributed by atoms with Gasteiger partial charge >= 0.3 is 6.03 Å². The van der Waals surface area contributed by atoms with Gasteiger partial charge in [0.05, 0.1) is 6.61 Å². The Morgan fingerprint density at radius 1 is 1.31 bits per heavy atom. The van der Waals surface area contributed by atoms with Crippen LogP contribution in [-0.4, -0.2) is 42.6 Å². The lowest BCUT2D eigenvalue weighted by Crippen LogP contribution is -2.51. The summed E-state index contributed by atoms with van der Waals surface area (Å²) in [6.07, 6.45) is 4.76. The predicted molar refractivity (Wildman–Crippen MR) is 57.9 cm³/mol. The number of carbonyl (C=O) groups is 2. The number of amides is 3. The molecule has 0 aromatic heterocycles. The quantitative estimate of drug-likeness (QED) is 0.727. The van der Waals surface area contributed by atoms with Gasteiger partial charge in [-0.2, -0.15) is 0 Å². The van der Waals surface area contributed by atoms with Gasteiger partial charge < -0.3 is 9.64 Å². The van der Waals surface area contributed by atoms with Gasteiger partial charge in [0, 0.05) is 13.7 Å². The highest BCUT2D eigenvalue weighted by Crippen LogP contribution is 2.36. The van der Waals surface area contributed by atoms with E-state index in [2.05, 4.69) is 5.32 Å². The first-order chi connectivity index (χ1) is 7.70. The van der Waals surface area contributed by atoms with Crippen LogP contribution in [0.15, 0.2) is 0 Å². The number of imide groups is 1. The van der Waals surface area contributed by atoms with E-state index in [-0.39, 0.29) is 11.9 Å². The largest absolute Gasteiger partial charge is 0.383 e. The van der Waals surface area contributed by atoms with Crippen LogP contribution in [0.4, 0.5) is 4.79 Å². The molecule has 1 aliphatic heterocycles. The number of rotatable bonds is 3. The molecule has 1 N–H and O–H groups in total. The van der Waals surface area contributed by atoms with Crippen LogP contribution in [-0.2, 0) is 9.53 Å². The van der Waals surface area contributed by atoms with E-state index in [9.17, 15) is 9.59 Å². The molecule has 2 aliphatic rings. The lowest BCUT2D eigenvalue weighted by Gasteiger charge is -2.38. The number of carbonyl (C=O) groups excluding carboxylic acids is 2. The number of nitrogens with one attached hydrogen (secondary N) is 1. The fraction of sp³-hybridized carbons (Fsp3) is 0.818. The first-order valence-corrected chi connectivity index (χ1v) is 5.83. The molecule has 2 fully saturated rings. The molecule has 1 saturated heterocycles. The maximum absolute atomic E-state index is 11.9. The van der Waals surface area contributed by atoms with Gasteiger partial charge in [0.2, 0.25) is 0 Å². The summed E-state index contributed by atoms with van der Waals surface area (Å²) in [5, 5.41) is 2.43. The van der Waals surface area contributed by atoms with Gasteiger partial charge in [-0.25, -0.2) is 4.79 Å². The Morgan fingerprint density at radius 2 is 2.00 bits per heavy atom. The minimum Gasteiger partial charge on any atom is -0.383 e. The molecule has 0 aromatic rings. The van der Waals surface area contributed by atoms with Crippen molar-refractivity contribution < 1.29 is 14.3 Å². The molecular weight excluding hydrogens is 208 g/mol. The van der Waals surface area contributed by atoms with E-state index in [1.807, 2.05) is 0 Å². The van der Waals surface area contributed by atoms with Gasteiger partial charge in [-0.3, -0.25) is 10.1 Å². The summed E-state index contributed by atoms with van der Waals surface area (Å²) in [4.78, 5) is 25.3. The average molecular weight is 226 g/mol. The number of urea groups is 1. The summed E-state index contributed by atoms with van der Waals surface area (Å²) < 4.78 is 4.99. The van der Waals surface area contributed by atoms with Gasteiger partial charge in [0.25, 0.3) is 5.91 Å². The molecule has 90 valence electrons. The van der Waals surface area contributed by atoms with Crippen LogP contribution in [0.1, 0.15) is 32.1 Å². The van der Waals surface area contributed by atoms with Gasteiger partial charge in [-0.1, -0.05) is 19.3 Å². The number of ether oxygens (including phenoxy) is 1. The normalized spacial score (nSPS) is 23.9. The Kier molecular flexibility index (Phi) is 3.14. The molecule has 5 heteroatoms. The fourth-order valence-corrected chi connectivity index (χ4v) is 2.73. The van der Waals surface area contributed by atoms with Crippen LogP contribution in [0.3, 0.4) is 0 Å². The van der Waals surface area contributed by atoms with Crippen molar-refractivity contribution in [2.75, 3.05) is 20.3 Å². The third-order valence-corrected chi connectivity index (χ3v) is 3.60. The highest BCUT2D eigenvalue weighted by molar-refractivity contribution is 6.07. The summed E-state index contributed by atoms with van der Waals surface area (Å²) in [6, 6.07) is -0.260. The number of nitrogens with zero attached hydrogens (tertiary/aromatic N) is 1. The van der Waals surface area contributed by atoms with Crippen LogP contribution in [0, 0.1) is 0 Å². The Morgan fingerprint density at radius 3 is 2.62 bits per heavy atom. The summed E-state index contributed by atoms with van der Waals surface area (Å²) in [5.41, 5.74) is -0.576. The van der Waals surface area contributed by atoms with E-state index >= 15 is 0 Å². The number of methoxy groups -OCH3 is 1. The number of hydrogen-bond acceptors (Lipinski definition) is 3. The molecule has 5 nitrogen and oxygen atoms in total. The molecule has 0 atom stereocenters. The maximum Gasteiger partial charge on any atom is 0.325 e. The second-order valence-corrected chi connectivity index (χ2v) is 4.50. The molecule has 0 aromatic carbocycles. The highest BCUT2D eigenvalue weighted by atomic mass is 16.5. The minimum atomic E-state index is -0.576. The van der Waals surface area contributed by atoms with Gasteiger partial charge in [0.15, 0.2) is 0 Å². The molecule has 16 heavy (non-hydrogen) atoms. The third-order valence-electron chi connectivity index (χ3n) is 3.60. The van der Waals surface area contributed by atoms with Crippen molar-refractivity contribution in [2.24, 2.45) is 0 Å². The van der Waals surface area contributed by atoms with E-state index in [1.54, 1.807) is 12.0 Å². The molecule has 0 radical (unpaired) electrons. The molecule has 3 amide bonds. The Labute approximate surface area is 95.1 Å². The molecule has 1 aliphatic carbocycles. The Bertz CT molecular complexity index is 298. The third kappa shape index (κ3) is 1.69. The van der Waals surface area contributed by atoms with E-state index in [4.69, 9.17) is 4.74 Å². The zero-order valence-corrected chi connectivity index (χ0v) is 9.62. The molecule has 0 unspecified atom stereocenters. The average Bonchev–Trinajstić information content (AvgIpc) is 2.50. The van der Waals surface area contributed by atoms with E-state index in [0.717, 1.165) is 32.1 Å². The standard InChI is InChI=1S/C11H18N2O3/c1-16-8-7-13-10(15)12-9(14)11(13)5-3-2-4-6-11/h2-8H2,1H3,(H,12,14,15). The SMILES string of the molecule is COCCN1C(=O)NC(=O)C12CCCCC2. The molecule has 1 heterocycles. The van der Waals surface area contributed by atoms with E-state index in [1.165, 1.54) is 0 Å². The zero-order chi connectivity index (χ0) is 11.6. The second kappa shape index (κ2) is 4.41. The van der Waals surface area contributed by atoms with Crippen molar-refractivity contribution in [1.82, 2.24) is 10.2 Å². The van der Waals surface area contributed by atoms with Crippen molar-refractivity contribution in [2.45, 2.75) is 37.6 Å². The van der Waals surface area contributed by atoms with E-state index < -0.39 is 5.54 Å². The first kappa shape index (κ1) is 11.4. The van der Waals surface area contributed by atoms with Crippen LogP contribution in [0.5, 0.6) is 0 Å². The lowest BCUT2D eigenvalue weighted by atomic mass is 9.80. The topological polar surface area (TPSA) is 58.6 Å². The molecular formula is C11H18N2O3. The second-order valence-electron chi connectivity index (χ2n) is 4.50. The van der Waals surface area contributed by atoms with Gasteiger partial charge in [0.1, 0.15) is 5.54 Å². The van der Waals surface area contributed by atoms with Crippen molar-refractivity contribution >= 4 is 11.9 Å². The molecule has 0 bridgehead atoms. The lowest BCUT2D eigenvalue weighted by molar-refractivity contribution is -0.128. The van der Waals surface area contributed by atoms with Crippen molar-refractivity contribution in [3.05, 3.63) is 0 Å². The Hall–Kier alpha value is -1.10. The van der Waals surface area contributed by atoms with E-state index in [0.29, 0.717) is 13.2 Å².